The van der Waals surface area contributed by atoms with E-state index in [1.54, 1.807) is 16.4 Å². The highest BCUT2D eigenvalue weighted by atomic mass is 35.5. The first-order chi connectivity index (χ1) is 10.0. The van der Waals surface area contributed by atoms with Gasteiger partial charge in [0.05, 0.1) is 7.11 Å². The van der Waals surface area contributed by atoms with Gasteiger partial charge in [0.25, 0.3) is 0 Å². The Kier molecular flexibility index (Phi) is 5.37. The molecule has 2 unspecified atom stereocenters. The van der Waals surface area contributed by atoms with Gasteiger partial charge in [0.15, 0.2) is 0 Å². The van der Waals surface area contributed by atoms with Gasteiger partial charge in [-0.15, -0.1) is 12.4 Å². The predicted molar refractivity (Wildman–Crippen MR) is 88.2 cm³/mol. The monoisotopic (exact) mass is 346 g/mol. The largest absolute Gasteiger partial charge is 0.495 e. The molecular formula is C15H23ClN2O3S. The van der Waals surface area contributed by atoms with Gasteiger partial charge in [-0.25, -0.2) is 8.42 Å². The molecule has 2 atom stereocenters. The third kappa shape index (κ3) is 3.11. The number of hydrogen-bond donors (Lipinski definition) is 1. The minimum atomic E-state index is -3.49. The molecule has 2 fully saturated rings. The fraction of sp³-hybridized carbons (Fsp3) is 0.600. The molecule has 1 aromatic carbocycles. The van der Waals surface area contributed by atoms with E-state index in [4.69, 9.17) is 4.74 Å². The number of ether oxygens (including phenoxy) is 1. The van der Waals surface area contributed by atoms with Gasteiger partial charge in [-0.1, -0.05) is 6.07 Å². The highest BCUT2D eigenvalue weighted by Crippen LogP contribution is 2.33. The van der Waals surface area contributed by atoms with Crippen molar-refractivity contribution < 1.29 is 13.2 Å². The number of nitrogens with one attached hydrogen (secondary N) is 1. The number of halogens is 1. The average molecular weight is 347 g/mol. The van der Waals surface area contributed by atoms with Crippen LogP contribution in [0.25, 0.3) is 0 Å². The number of piperidine rings is 1. The van der Waals surface area contributed by atoms with E-state index in [0.717, 1.165) is 25.1 Å². The summed E-state index contributed by atoms with van der Waals surface area (Å²) in [7, 11) is -1.97. The minimum Gasteiger partial charge on any atom is -0.495 e. The molecule has 5 nitrogen and oxygen atoms in total. The van der Waals surface area contributed by atoms with Crippen LogP contribution >= 0.6 is 12.4 Å². The highest BCUT2D eigenvalue weighted by Gasteiger charge is 2.38. The molecule has 0 bridgehead atoms. The van der Waals surface area contributed by atoms with Crippen LogP contribution < -0.4 is 10.1 Å². The normalized spacial score (nSPS) is 25.4. The van der Waals surface area contributed by atoms with Crippen molar-refractivity contribution in [2.24, 2.45) is 11.8 Å². The fourth-order valence-corrected chi connectivity index (χ4v) is 5.10. The van der Waals surface area contributed by atoms with Gasteiger partial charge in [0.1, 0.15) is 10.6 Å². The van der Waals surface area contributed by atoms with Crippen LogP contribution in [0.2, 0.25) is 0 Å². The van der Waals surface area contributed by atoms with Crippen LogP contribution in [0.3, 0.4) is 0 Å². The van der Waals surface area contributed by atoms with E-state index in [2.05, 4.69) is 5.32 Å². The van der Waals surface area contributed by atoms with Crippen LogP contribution in [0, 0.1) is 18.8 Å². The number of methoxy groups -OCH3 is 1. The molecule has 0 spiro atoms. The molecule has 22 heavy (non-hydrogen) atoms. The fourth-order valence-electron chi connectivity index (χ4n) is 3.34. The van der Waals surface area contributed by atoms with Crippen LogP contribution in [-0.2, 0) is 10.0 Å². The van der Waals surface area contributed by atoms with Gasteiger partial charge >= 0.3 is 0 Å². The Hall–Kier alpha value is -0.820. The van der Waals surface area contributed by atoms with Crippen LogP contribution in [0.15, 0.2) is 23.1 Å². The Balaban J connectivity index is 0.00000176. The summed E-state index contributed by atoms with van der Waals surface area (Å²) in [6.45, 7) is 5.04. The summed E-state index contributed by atoms with van der Waals surface area (Å²) in [6.07, 6.45) is 0.936. The molecule has 0 saturated carbocycles. The smallest absolute Gasteiger partial charge is 0.246 e. The van der Waals surface area contributed by atoms with Crippen LogP contribution in [0.4, 0.5) is 0 Å². The molecule has 1 N–H and O–H groups in total. The van der Waals surface area contributed by atoms with Crippen LogP contribution in [0.5, 0.6) is 5.75 Å². The van der Waals surface area contributed by atoms with E-state index in [1.165, 1.54) is 7.11 Å². The zero-order chi connectivity index (χ0) is 15.0. The lowest BCUT2D eigenvalue weighted by atomic mass is 9.90. The first kappa shape index (κ1) is 17.5. The average Bonchev–Trinajstić information content (AvgIpc) is 2.94. The van der Waals surface area contributed by atoms with E-state index < -0.39 is 10.0 Å². The molecular weight excluding hydrogens is 324 g/mol. The van der Waals surface area contributed by atoms with E-state index in [9.17, 15) is 8.42 Å². The number of benzene rings is 1. The van der Waals surface area contributed by atoms with Crippen molar-refractivity contribution in [3.63, 3.8) is 0 Å². The molecule has 2 aliphatic rings. The lowest BCUT2D eigenvalue weighted by molar-refractivity contribution is 0.227. The third-order valence-electron chi connectivity index (χ3n) is 4.60. The molecule has 7 heteroatoms. The van der Waals surface area contributed by atoms with Gasteiger partial charge in [0.2, 0.25) is 10.0 Å². The molecule has 2 aliphatic heterocycles. The minimum absolute atomic E-state index is 0. The molecule has 0 aliphatic carbocycles. The maximum atomic E-state index is 12.9. The second kappa shape index (κ2) is 6.74. The third-order valence-corrected chi connectivity index (χ3v) is 6.49. The Morgan fingerprint density at radius 1 is 1.27 bits per heavy atom. The van der Waals surface area contributed by atoms with Crippen molar-refractivity contribution in [1.29, 1.82) is 0 Å². The van der Waals surface area contributed by atoms with E-state index in [0.29, 0.717) is 30.7 Å². The molecule has 2 saturated heterocycles. The maximum Gasteiger partial charge on any atom is 0.246 e. The Bertz CT molecular complexity index is 636. The Labute approximate surface area is 138 Å². The zero-order valence-corrected chi connectivity index (χ0v) is 14.5. The molecule has 3 rings (SSSR count). The quantitative estimate of drug-likeness (QED) is 0.904. The summed E-state index contributed by atoms with van der Waals surface area (Å²) in [4.78, 5) is 0.286. The lowest BCUT2D eigenvalue weighted by Gasteiger charge is -2.33. The van der Waals surface area contributed by atoms with Gasteiger partial charge in [-0.2, -0.15) is 4.31 Å². The molecule has 124 valence electrons. The number of rotatable bonds is 3. The second-order valence-corrected chi connectivity index (χ2v) is 7.89. The summed E-state index contributed by atoms with van der Waals surface area (Å²) in [5, 5.41) is 3.36. The number of sulfonamides is 1. The molecule has 0 radical (unpaired) electrons. The number of nitrogens with zero attached hydrogens (tertiary/aromatic N) is 1. The van der Waals surface area contributed by atoms with Crippen molar-refractivity contribution in [3.8, 4) is 5.75 Å². The van der Waals surface area contributed by atoms with Crippen molar-refractivity contribution in [2.75, 3.05) is 33.3 Å². The van der Waals surface area contributed by atoms with E-state index in [-0.39, 0.29) is 17.3 Å². The van der Waals surface area contributed by atoms with Crippen molar-refractivity contribution in [1.82, 2.24) is 9.62 Å². The van der Waals surface area contributed by atoms with Crippen LogP contribution in [-0.4, -0.2) is 46.0 Å². The second-order valence-electron chi connectivity index (χ2n) is 5.98. The zero-order valence-electron chi connectivity index (χ0n) is 12.9. The predicted octanol–water partition coefficient (Wildman–Crippen LogP) is 1.66. The Morgan fingerprint density at radius 2 is 2.00 bits per heavy atom. The lowest BCUT2D eigenvalue weighted by Crippen LogP contribution is -2.43. The highest BCUT2D eigenvalue weighted by molar-refractivity contribution is 7.89. The summed E-state index contributed by atoms with van der Waals surface area (Å²) < 4.78 is 32.7. The number of hydrogen-bond acceptors (Lipinski definition) is 4. The van der Waals surface area contributed by atoms with Gasteiger partial charge in [-0.05, 0) is 56.0 Å². The van der Waals surface area contributed by atoms with E-state index >= 15 is 0 Å². The first-order valence-corrected chi connectivity index (χ1v) is 8.82. The molecule has 1 aromatic rings. The number of fused-ring (bicyclic) bond motifs is 1. The van der Waals surface area contributed by atoms with Gasteiger partial charge in [-0.3, -0.25) is 0 Å². The van der Waals surface area contributed by atoms with E-state index in [1.807, 2.05) is 13.0 Å². The molecule has 2 heterocycles. The van der Waals surface area contributed by atoms with Crippen molar-refractivity contribution in [3.05, 3.63) is 23.8 Å². The van der Waals surface area contributed by atoms with Gasteiger partial charge < -0.3 is 10.1 Å². The summed E-state index contributed by atoms with van der Waals surface area (Å²) in [6, 6.07) is 5.30. The maximum absolute atomic E-state index is 12.9. The number of aryl methyl sites for hydroxylation is 1. The first-order valence-electron chi connectivity index (χ1n) is 7.38. The topological polar surface area (TPSA) is 58.6 Å². The van der Waals surface area contributed by atoms with Crippen molar-refractivity contribution in [2.45, 2.75) is 18.2 Å². The summed E-state index contributed by atoms with van der Waals surface area (Å²) in [5.41, 5.74) is 0.923. The van der Waals surface area contributed by atoms with Gasteiger partial charge in [0, 0.05) is 13.1 Å². The van der Waals surface area contributed by atoms with Crippen molar-refractivity contribution >= 4 is 22.4 Å². The summed E-state index contributed by atoms with van der Waals surface area (Å²) in [5.74, 6) is 1.48. The standard InChI is InChI=1S/C15H22N2O3S.ClH/c1-11-3-4-14(20-2)15(7-11)21(18,19)17-6-5-12-8-16-9-13(12)10-17;/h3-4,7,12-13,16H,5-6,8-10H2,1-2H3;1H. The Morgan fingerprint density at radius 3 is 2.73 bits per heavy atom. The molecule has 0 amide bonds. The van der Waals surface area contributed by atoms with Crippen LogP contribution in [0.1, 0.15) is 12.0 Å². The summed E-state index contributed by atoms with van der Waals surface area (Å²) >= 11 is 0. The molecule has 0 aromatic heterocycles. The SMILES string of the molecule is COc1ccc(C)cc1S(=O)(=O)N1CCC2CNCC2C1.Cl.